The molecule has 0 radical (unpaired) electrons. The summed E-state index contributed by atoms with van der Waals surface area (Å²) < 4.78 is 5.14. The molecule has 0 aliphatic rings. The van der Waals surface area contributed by atoms with E-state index in [1.54, 1.807) is 6.92 Å². The number of halogens is 1. The van der Waals surface area contributed by atoms with Crippen LogP contribution in [-0.4, -0.2) is 29.8 Å². The third kappa shape index (κ3) is 5.51. The standard InChI is InChI=1S/C25H25BrN2O4S/c1-14(27-28-23(30)16-8-11-18(20(26)12-16)24(31)32-5)19-13-33-22(21(19)29)15-6-9-17(10-7-15)25(2,3)4/h6-13,29H,1-5H3,(H,28,30)/b27-14+. The fourth-order valence-electron chi connectivity index (χ4n) is 3.13. The Morgan fingerprint density at radius 2 is 1.76 bits per heavy atom. The minimum atomic E-state index is -0.500. The molecule has 0 saturated heterocycles. The van der Waals surface area contributed by atoms with E-state index in [-0.39, 0.29) is 11.2 Å². The number of nitrogens with zero attached hydrogens (tertiary/aromatic N) is 1. The van der Waals surface area contributed by atoms with Crippen LogP contribution in [0.3, 0.4) is 0 Å². The van der Waals surface area contributed by atoms with Crippen molar-refractivity contribution in [2.24, 2.45) is 5.10 Å². The number of hydrogen-bond acceptors (Lipinski definition) is 6. The monoisotopic (exact) mass is 528 g/mol. The van der Waals surface area contributed by atoms with E-state index in [0.29, 0.717) is 26.9 Å². The molecule has 0 saturated carbocycles. The van der Waals surface area contributed by atoms with Crippen molar-refractivity contribution in [1.82, 2.24) is 5.43 Å². The summed E-state index contributed by atoms with van der Waals surface area (Å²) in [7, 11) is 1.29. The molecule has 172 valence electrons. The van der Waals surface area contributed by atoms with Gasteiger partial charge in [-0.1, -0.05) is 45.0 Å². The summed E-state index contributed by atoms with van der Waals surface area (Å²) in [4.78, 5) is 24.9. The first-order valence-corrected chi connectivity index (χ1v) is 11.8. The van der Waals surface area contributed by atoms with E-state index < -0.39 is 11.9 Å². The van der Waals surface area contributed by atoms with Gasteiger partial charge in [0.2, 0.25) is 0 Å². The lowest BCUT2D eigenvalue weighted by molar-refractivity contribution is 0.0599. The number of esters is 1. The Bertz CT molecular complexity index is 1220. The number of nitrogens with one attached hydrogen (secondary N) is 1. The maximum Gasteiger partial charge on any atom is 0.339 e. The van der Waals surface area contributed by atoms with E-state index in [1.807, 2.05) is 17.5 Å². The van der Waals surface area contributed by atoms with Crippen LogP contribution in [0.4, 0.5) is 0 Å². The molecule has 0 aliphatic heterocycles. The quantitative estimate of drug-likeness (QED) is 0.237. The molecule has 3 rings (SSSR count). The second-order valence-corrected chi connectivity index (χ2v) is 10.2. The number of rotatable bonds is 5. The van der Waals surface area contributed by atoms with E-state index >= 15 is 0 Å². The molecule has 2 N–H and O–H groups in total. The third-order valence-corrected chi connectivity index (χ3v) is 6.80. The van der Waals surface area contributed by atoms with Gasteiger partial charge in [0.15, 0.2) is 0 Å². The van der Waals surface area contributed by atoms with Crippen LogP contribution < -0.4 is 5.43 Å². The van der Waals surface area contributed by atoms with Crippen molar-refractivity contribution < 1.29 is 19.4 Å². The normalized spacial score (nSPS) is 11.9. The van der Waals surface area contributed by atoms with Gasteiger partial charge in [-0.25, -0.2) is 10.2 Å². The van der Waals surface area contributed by atoms with Crippen LogP contribution in [-0.2, 0) is 10.2 Å². The summed E-state index contributed by atoms with van der Waals surface area (Å²) in [6, 6.07) is 12.7. The summed E-state index contributed by atoms with van der Waals surface area (Å²) >= 11 is 4.69. The van der Waals surface area contributed by atoms with Crippen LogP contribution in [0.5, 0.6) is 5.75 Å². The number of hydrazone groups is 1. The van der Waals surface area contributed by atoms with E-state index in [0.717, 1.165) is 10.4 Å². The van der Waals surface area contributed by atoms with Gasteiger partial charge in [0.05, 0.1) is 28.8 Å². The fraction of sp³-hybridized carbons (Fsp3) is 0.240. The van der Waals surface area contributed by atoms with Gasteiger partial charge in [-0.15, -0.1) is 11.3 Å². The Labute approximate surface area is 205 Å². The van der Waals surface area contributed by atoms with E-state index in [4.69, 9.17) is 4.74 Å². The Balaban J connectivity index is 1.77. The first-order chi connectivity index (χ1) is 15.5. The molecule has 33 heavy (non-hydrogen) atoms. The average Bonchev–Trinajstić information content (AvgIpc) is 3.17. The highest BCUT2D eigenvalue weighted by Crippen LogP contribution is 2.39. The molecule has 8 heteroatoms. The minimum Gasteiger partial charge on any atom is -0.506 e. The summed E-state index contributed by atoms with van der Waals surface area (Å²) in [5.74, 6) is -0.817. The number of aromatic hydroxyl groups is 1. The summed E-state index contributed by atoms with van der Waals surface area (Å²) in [6.45, 7) is 8.18. The largest absolute Gasteiger partial charge is 0.506 e. The van der Waals surface area contributed by atoms with Gasteiger partial charge < -0.3 is 9.84 Å². The van der Waals surface area contributed by atoms with Crippen molar-refractivity contribution in [2.75, 3.05) is 7.11 Å². The molecular weight excluding hydrogens is 504 g/mol. The zero-order valence-electron chi connectivity index (χ0n) is 19.0. The first-order valence-electron chi connectivity index (χ1n) is 10.2. The molecule has 0 atom stereocenters. The molecule has 0 unspecified atom stereocenters. The Morgan fingerprint density at radius 3 is 2.33 bits per heavy atom. The van der Waals surface area contributed by atoms with Crippen LogP contribution in [0.1, 0.15) is 59.5 Å². The molecule has 0 bridgehead atoms. The van der Waals surface area contributed by atoms with Gasteiger partial charge in [0.25, 0.3) is 5.91 Å². The molecule has 2 aromatic carbocycles. The number of amides is 1. The van der Waals surface area contributed by atoms with Crippen molar-refractivity contribution in [3.8, 4) is 16.2 Å². The maximum atomic E-state index is 12.5. The number of methoxy groups -OCH3 is 1. The number of thiophene rings is 1. The smallest absolute Gasteiger partial charge is 0.339 e. The van der Waals surface area contributed by atoms with Gasteiger partial charge in [-0.3, -0.25) is 4.79 Å². The van der Waals surface area contributed by atoms with Gasteiger partial charge in [-0.05, 0) is 57.6 Å². The summed E-state index contributed by atoms with van der Waals surface area (Å²) in [6.07, 6.45) is 0. The molecule has 0 aliphatic carbocycles. The zero-order chi connectivity index (χ0) is 24.3. The molecular formula is C25H25BrN2O4S. The minimum absolute atomic E-state index is 0.0534. The van der Waals surface area contributed by atoms with E-state index in [2.05, 4.69) is 59.4 Å². The topological polar surface area (TPSA) is 88.0 Å². The highest BCUT2D eigenvalue weighted by molar-refractivity contribution is 9.10. The second kappa shape index (κ2) is 9.89. The van der Waals surface area contributed by atoms with E-state index in [1.165, 1.54) is 42.2 Å². The van der Waals surface area contributed by atoms with Crippen LogP contribution in [0.25, 0.3) is 10.4 Å². The van der Waals surface area contributed by atoms with Gasteiger partial charge >= 0.3 is 5.97 Å². The first kappa shape index (κ1) is 24.7. The van der Waals surface area contributed by atoms with Gasteiger partial charge in [0.1, 0.15) is 5.75 Å². The SMILES string of the molecule is COC(=O)c1ccc(C(=O)N/N=C(\C)c2csc(-c3ccc(C(C)(C)C)cc3)c2O)cc1Br. The highest BCUT2D eigenvalue weighted by atomic mass is 79.9. The van der Waals surface area contributed by atoms with Crippen LogP contribution in [0.2, 0.25) is 0 Å². The van der Waals surface area contributed by atoms with Crippen LogP contribution in [0.15, 0.2) is 57.4 Å². The molecule has 1 heterocycles. The predicted octanol–water partition coefficient (Wildman–Crippen LogP) is 6.12. The molecule has 1 amide bonds. The highest BCUT2D eigenvalue weighted by Gasteiger charge is 2.18. The van der Waals surface area contributed by atoms with Crippen molar-refractivity contribution in [3.05, 3.63) is 74.6 Å². The maximum absolute atomic E-state index is 12.5. The lowest BCUT2D eigenvalue weighted by Gasteiger charge is -2.19. The number of carbonyl (C=O) groups is 2. The predicted molar refractivity (Wildman–Crippen MR) is 135 cm³/mol. The summed E-state index contributed by atoms with van der Waals surface area (Å²) in [5, 5.41) is 16.7. The molecule has 0 spiro atoms. The number of carbonyl (C=O) groups excluding carboxylic acids is 2. The number of ether oxygens (including phenoxy) is 1. The van der Waals surface area contributed by atoms with Crippen molar-refractivity contribution in [2.45, 2.75) is 33.1 Å². The van der Waals surface area contributed by atoms with Crippen molar-refractivity contribution in [1.29, 1.82) is 0 Å². The van der Waals surface area contributed by atoms with Crippen molar-refractivity contribution in [3.63, 3.8) is 0 Å². The fourth-order valence-corrected chi connectivity index (χ4v) is 4.68. The van der Waals surface area contributed by atoms with Crippen LogP contribution >= 0.6 is 27.3 Å². The Kier molecular flexibility index (Phi) is 7.39. The Hall–Kier alpha value is -2.97. The summed E-state index contributed by atoms with van der Waals surface area (Å²) in [5.41, 5.74) is 6.35. The van der Waals surface area contributed by atoms with E-state index in [9.17, 15) is 14.7 Å². The third-order valence-electron chi connectivity index (χ3n) is 5.13. The van der Waals surface area contributed by atoms with Crippen molar-refractivity contribution >= 4 is 44.9 Å². The van der Waals surface area contributed by atoms with Crippen LogP contribution in [0, 0.1) is 0 Å². The number of benzene rings is 2. The molecule has 1 aromatic heterocycles. The van der Waals surface area contributed by atoms with Gasteiger partial charge in [-0.2, -0.15) is 5.10 Å². The average molecular weight is 529 g/mol. The molecule has 3 aromatic rings. The van der Waals surface area contributed by atoms with Gasteiger partial charge in [0, 0.05) is 15.4 Å². The second-order valence-electron chi connectivity index (χ2n) is 8.48. The number of hydrogen-bond donors (Lipinski definition) is 2. The Morgan fingerprint density at radius 1 is 1.09 bits per heavy atom. The lowest BCUT2D eigenvalue weighted by atomic mass is 9.86. The molecule has 6 nitrogen and oxygen atoms in total. The molecule has 0 fully saturated rings. The lowest BCUT2D eigenvalue weighted by Crippen LogP contribution is -2.19. The zero-order valence-corrected chi connectivity index (χ0v) is 21.4.